The summed E-state index contributed by atoms with van der Waals surface area (Å²) < 4.78 is 79.4. The number of rotatable bonds is 3. The first-order valence-electron chi connectivity index (χ1n) is 7.76. The summed E-state index contributed by atoms with van der Waals surface area (Å²) in [5.74, 6) is -2.63. The van der Waals surface area contributed by atoms with Gasteiger partial charge in [0.1, 0.15) is 17.6 Å². The molecule has 1 aromatic carbocycles. The zero-order valence-electron chi connectivity index (χ0n) is 15.5. The minimum Gasteiger partial charge on any atom is -0.292 e. The summed E-state index contributed by atoms with van der Waals surface area (Å²) in [6, 6.07) is 2.29. The van der Waals surface area contributed by atoms with E-state index in [1.807, 2.05) is 0 Å². The summed E-state index contributed by atoms with van der Waals surface area (Å²) in [5, 5.41) is 9.18. The molecule has 0 unspecified atom stereocenters. The van der Waals surface area contributed by atoms with E-state index in [-0.39, 0.29) is 8.87 Å². The van der Waals surface area contributed by atoms with Crippen molar-refractivity contribution >= 4 is 21.6 Å². The number of amides is 1. The van der Waals surface area contributed by atoms with E-state index < -0.39 is 67.2 Å². The van der Waals surface area contributed by atoms with Gasteiger partial charge in [0.2, 0.25) is 15.9 Å². The van der Waals surface area contributed by atoms with Crippen molar-refractivity contribution in [2.45, 2.75) is 13.1 Å². The van der Waals surface area contributed by atoms with Gasteiger partial charge in [0.15, 0.2) is 0 Å². The second kappa shape index (κ2) is 7.41. The Hall–Kier alpha value is -3.47. The summed E-state index contributed by atoms with van der Waals surface area (Å²) in [6.07, 6.45) is -4.70. The molecule has 0 spiro atoms. The third kappa shape index (κ3) is 3.96. The molecule has 160 valence electrons. The SMILES string of the molecule is CC(=O)N(c1cc(-c2c(C(F)(F)F)n(C)c(=O)[nH]c2=O)c(F)cc1C#N)S(C)(=O)=O. The number of sulfonamides is 1. The van der Waals surface area contributed by atoms with E-state index in [2.05, 4.69) is 0 Å². The van der Waals surface area contributed by atoms with Crippen LogP contribution in [0.15, 0.2) is 21.7 Å². The standard InChI is InChI=1S/C16H12F4N4O5S/c1-7(25)24(30(3,28)29)11-5-9(10(17)4-8(11)6-21)12-13(16(18,19)20)23(2)15(27)22-14(12)26/h4-5H,1-3H3,(H,22,26,27). The topological polar surface area (TPSA) is 133 Å². The molecule has 0 saturated carbocycles. The van der Waals surface area contributed by atoms with Gasteiger partial charge in [-0.1, -0.05) is 0 Å². The molecule has 30 heavy (non-hydrogen) atoms. The molecule has 2 aromatic rings. The molecule has 0 fully saturated rings. The van der Waals surface area contributed by atoms with Crippen LogP contribution in [0.1, 0.15) is 18.2 Å². The van der Waals surface area contributed by atoms with Gasteiger partial charge in [0.05, 0.1) is 23.1 Å². The van der Waals surface area contributed by atoms with Crippen LogP contribution in [0.2, 0.25) is 0 Å². The summed E-state index contributed by atoms with van der Waals surface area (Å²) in [7, 11) is -3.69. The van der Waals surface area contributed by atoms with Gasteiger partial charge >= 0.3 is 11.9 Å². The molecule has 0 aliphatic rings. The first-order valence-corrected chi connectivity index (χ1v) is 9.61. The monoisotopic (exact) mass is 448 g/mol. The Morgan fingerprint density at radius 1 is 1.27 bits per heavy atom. The Labute approximate surface area is 165 Å². The number of hydrogen-bond donors (Lipinski definition) is 1. The van der Waals surface area contributed by atoms with Gasteiger partial charge in [-0.05, 0) is 12.1 Å². The second-order valence-corrected chi connectivity index (χ2v) is 7.88. The number of H-pyrrole nitrogens is 1. The van der Waals surface area contributed by atoms with Crippen molar-refractivity contribution in [1.29, 1.82) is 5.26 Å². The van der Waals surface area contributed by atoms with Crippen LogP contribution in [0, 0.1) is 17.1 Å². The molecule has 1 heterocycles. The fourth-order valence-corrected chi connectivity index (χ4v) is 3.77. The van der Waals surface area contributed by atoms with Crippen molar-refractivity contribution in [2.24, 2.45) is 7.05 Å². The maximum atomic E-state index is 14.6. The highest BCUT2D eigenvalue weighted by Crippen LogP contribution is 2.37. The molecule has 1 N–H and O–H groups in total. The molecular formula is C16H12F4N4O5S. The van der Waals surface area contributed by atoms with E-state index in [0.717, 1.165) is 6.92 Å². The molecule has 14 heteroatoms. The van der Waals surface area contributed by atoms with Crippen LogP contribution in [-0.2, 0) is 28.0 Å². The predicted octanol–water partition coefficient (Wildman–Crippen LogP) is 1.08. The summed E-state index contributed by atoms with van der Waals surface area (Å²) >= 11 is 0. The van der Waals surface area contributed by atoms with Crippen molar-refractivity contribution in [3.05, 3.63) is 50.0 Å². The zero-order valence-corrected chi connectivity index (χ0v) is 16.3. The van der Waals surface area contributed by atoms with E-state index in [1.165, 1.54) is 6.07 Å². The number of carbonyl (C=O) groups excluding carboxylic acids is 1. The minimum absolute atomic E-state index is 0.0351. The number of nitriles is 1. The maximum absolute atomic E-state index is 14.6. The van der Waals surface area contributed by atoms with E-state index in [0.29, 0.717) is 25.4 Å². The van der Waals surface area contributed by atoms with Crippen LogP contribution >= 0.6 is 0 Å². The van der Waals surface area contributed by atoms with Gasteiger partial charge in [-0.3, -0.25) is 19.1 Å². The van der Waals surface area contributed by atoms with E-state index >= 15 is 0 Å². The molecule has 9 nitrogen and oxygen atoms in total. The molecule has 0 atom stereocenters. The van der Waals surface area contributed by atoms with Gasteiger partial charge in [-0.2, -0.15) is 18.4 Å². The zero-order chi connectivity index (χ0) is 23.2. The lowest BCUT2D eigenvalue weighted by molar-refractivity contribution is -0.143. The third-order valence-corrected chi connectivity index (χ3v) is 5.02. The van der Waals surface area contributed by atoms with Gasteiger partial charge in [-0.15, -0.1) is 0 Å². The first kappa shape index (κ1) is 22.8. The smallest absolute Gasteiger partial charge is 0.292 e. The Morgan fingerprint density at radius 3 is 2.27 bits per heavy atom. The van der Waals surface area contributed by atoms with Crippen molar-refractivity contribution in [2.75, 3.05) is 10.6 Å². The van der Waals surface area contributed by atoms with Crippen LogP contribution in [0.3, 0.4) is 0 Å². The van der Waals surface area contributed by atoms with Crippen molar-refractivity contribution in [3.63, 3.8) is 0 Å². The highest BCUT2D eigenvalue weighted by atomic mass is 32.2. The van der Waals surface area contributed by atoms with Gasteiger partial charge in [0, 0.05) is 19.5 Å². The molecule has 0 saturated heterocycles. The minimum atomic E-state index is -5.28. The number of carbonyl (C=O) groups is 1. The predicted molar refractivity (Wildman–Crippen MR) is 95.4 cm³/mol. The number of benzene rings is 1. The highest BCUT2D eigenvalue weighted by Gasteiger charge is 2.40. The molecule has 0 bridgehead atoms. The number of nitrogens with zero attached hydrogens (tertiary/aromatic N) is 3. The molecule has 0 aliphatic carbocycles. The molecule has 1 amide bonds. The number of anilines is 1. The Balaban J connectivity index is 3.09. The average Bonchev–Trinajstić information content (AvgIpc) is 2.56. The molecular weight excluding hydrogens is 436 g/mol. The molecule has 1 aromatic heterocycles. The van der Waals surface area contributed by atoms with Gasteiger partial charge in [-0.25, -0.2) is 21.9 Å². The Morgan fingerprint density at radius 2 is 1.83 bits per heavy atom. The lowest BCUT2D eigenvalue weighted by Gasteiger charge is -2.22. The summed E-state index contributed by atoms with van der Waals surface area (Å²) in [5.41, 5.74) is -8.68. The number of aromatic nitrogens is 2. The lowest BCUT2D eigenvalue weighted by atomic mass is 10.0. The molecule has 0 radical (unpaired) electrons. The Kier molecular flexibility index (Phi) is 5.64. The number of halogens is 4. The van der Waals surface area contributed by atoms with Crippen LogP contribution in [0.5, 0.6) is 0 Å². The fraction of sp³-hybridized carbons (Fsp3) is 0.250. The lowest BCUT2D eigenvalue weighted by Crippen LogP contribution is -2.36. The van der Waals surface area contributed by atoms with Crippen LogP contribution in [0.25, 0.3) is 11.1 Å². The second-order valence-electron chi connectivity index (χ2n) is 6.05. The third-order valence-electron chi connectivity index (χ3n) is 3.90. The number of aromatic amines is 1. The fourth-order valence-electron chi connectivity index (χ4n) is 2.79. The van der Waals surface area contributed by atoms with Crippen LogP contribution < -0.4 is 15.6 Å². The molecule has 0 aliphatic heterocycles. The largest absolute Gasteiger partial charge is 0.432 e. The number of alkyl halides is 3. The Bertz CT molecular complexity index is 1320. The van der Waals surface area contributed by atoms with Crippen molar-refractivity contribution in [1.82, 2.24) is 9.55 Å². The quantitative estimate of drug-likeness (QED) is 0.699. The normalized spacial score (nSPS) is 11.8. The summed E-state index contributed by atoms with van der Waals surface area (Å²) in [4.78, 5) is 37.2. The van der Waals surface area contributed by atoms with E-state index in [9.17, 15) is 45.6 Å². The van der Waals surface area contributed by atoms with Crippen LogP contribution in [0.4, 0.5) is 23.2 Å². The van der Waals surface area contributed by atoms with Crippen molar-refractivity contribution in [3.8, 4) is 17.2 Å². The first-order chi connectivity index (χ1) is 13.6. The van der Waals surface area contributed by atoms with Crippen molar-refractivity contribution < 1.29 is 30.8 Å². The number of hydrogen-bond acceptors (Lipinski definition) is 6. The van der Waals surface area contributed by atoms with Gasteiger partial charge in [0.25, 0.3) is 5.56 Å². The highest BCUT2D eigenvalue weighted by molar-refractivity contribution is 7.92. The maximum Gasteiger partial charge on any atom is 0.432 e. The summed E-state index contributed by atoms with van der Waals surface area (Å²) in [6.45, 7) is 0.797. The van der Waals surface area contributed by atoms with E-state index in [4.69, 9.17) is 0 Å². The van der Waals surface area contributed by atoms with Crippen LogP contribution in [-0.4, -0.2) is 30.1 Å². The van der Waals surface area contributed by atoms with Gasteiger partial charge < -0.3 is 0 Å². The average molecular weight is 448 g/mol. The molecule has 2 rings (SSSR count). The number of nitrogens with one attached hydrogen (secondary N) is 1. The van der Waals surface area contributed by atoms with E-state index in [1.54, 1.807) is 4.98 Å².